The molecule has 1 heterocycles. The fourth-order valence-corrected chi connectivity index (χ4v) is 5.36. The normalized spacial score (nSPS) is 12.5. The minimum atomic E-state index is -3.44. The van der Waals surface area contributed by atoms with Gasteiger partial charge in [0.15, 0.2) is 0 Å². The van der Waals surface area contributed by atoms with Gasteiger partial charge in [-0.05, 0) is 49.1 Å². The van der Waals surface area contributed by atoms with Gasteiger partial charge in [-0.15, -0.1) is 11.3 Å². The predicted octanol–water partition coefficient (Wildman–Crippen LogP) is 2.24. The Kier molecular flexibility index (Phi) is 7.80. The molecule has 0 radical (unpaired) electrons. The molecule has 0 unspecified atom stereocenters. The Balaban J connectivity index is 2.65. The molecule has 0 saturated carbocycles. The summed E-state index contributed by atoms with van der Waals surface area (Å²) < 4.78 is 27.9. The first-order valence-corrected chi connectivity index (χ1v) is 9.97. The molecule has 122 valence electrons. The van der Waals surface area contributed by atoms with E-state index in [0.29, 0.717) is 27.8 Å². The Morgan fingerprint density at radius 3 is 2.62 bits per heavy atom. The topological polar surface area (TPSA) is 61.4 Å². The van der Waals surface area contributed by atoms with Crippen LogP contribution in [0.4, 0.5) is 0 Å². The summed E-state index contributed by atoms with van der Waals surface area (Å²) in [5.41, 5.74) is 0. The fraction of sp³-hybridized carbons (Fsp3) is 0.692. The summed E-state index contributed by atoms with van der Waals surface area (Å²) in [5, 5.41) is 3.29. The van der Waals surface area contributed by atoms with Gasteiger partial charge in [-0.2, -0.15) is 0 Å². The van der Waals surface area contributed by atoms with Crippen LogP contribution in [0.2, 0.25) is 0 Å². The molecule has 0 fully saturated rings. The monoisotopic (exact) mass is 397 g/mol. The molecular weight excluding hydrogens is 374 g/mol. The predicted molar refractivity (Wildman–Crippen MR) is 92.4 cm³/mol. The van der Waals surface area contributed by atoms with Gasteiger partial charge in [0.25, 0.3) is 0 Å². The zero-order valence-electron chi connectivity index (χ0n) is 12.9. The average Bonchev–Trinajstić information content (AvgIpc) is 2.74. The highest BCUT2D eigenvalue weighted by Crippen LogP contribution is 2.31. The van der Waals surface area contributed by atoms with Gasteiger partial charge in [0.2, 0.25) is 10.0 Å². The van der Waals surface area contributed by atoms with Gasteiger partial charge in [0, 0.05) is 24.0 Å². The van der Waals surface area contributed by atoms with Crippen molar-refractivity contribution in [2.75, 3.05) is 27.2 Å². The minimum absolute atomic E-state index is 0.331. The first kappa shape index (κ1) is 19.1. The summed E-state index contributed by atoms with van der Waals surface area (Å²) in [7, 11) is 0.501. The van der Waals surface area contributed by atoms with E-state index in [4.69, 9.17) is 0 Å². The number of thiophene rings is 1. The molecule has 0 aromatic carbocycles. The minimum Gasteiger partial charge on any atom is -0.310 e. The maximum Gasteiger partial charge on any atom is 0.242 e. The lowest BCUT2D eigenvalue weighted by molar-refractivity contribution is 0.400. The molecule has 0 bridgehead atoms. The van der Waals surface area contributed by atoms with Crippen molar-refractivity contribution < 1.29 is 8.42 Å². The molecule has 0 spiro atoms. The molecule has 0 aliphatic carbocycles. The highest BCUT2D eigenvalue weighted by molar-refractivity contribution is 9.11. The van der Waals surface area contributed by atoms with Crippen LogP contribution in [0, 0.1) is 0 Å². The quantitative estimate of drug-likeness (QED) is 0.627. The average molecular weight is 398 g/mol. The lowest BCUT2D eigenvalue weighted by Gasteiger charge is -2.10. The number of hydrogen-bond donors (Lipinski definition) is 2. The molecule has 0 saturated heterocycles. The summed E-state index contributed by atoms with van der Waals surface area (Å²) in [6.07, 6.45) is 0.787. The van der Waals surface area contributed by atoms with Gasteiger partial charge in [-0.1, -0.05) is 13.8 Å². The van der Waals surface area contributed by atoms with Crippen molar-refractivity contribution in [3.63, 3.8) is 0 Å². The van der Waals surface area contributed by atoms with Gasteiger partial charge >= 0.3 is 0 Å². The van der Waals surface area contributed by atoms with E-state index in [1.807, 2.05) is 19.0 Å². The van der Waals surface area contributed by atoms with E-state index < -0.39 is 10.0 Å². The SMILES string of the molecule is CC(C)NCc1cc(S(=O)(=O)NCCCN(C)C)c(Br)s1. The van der Waals surface area contributed by atoms with Crippen LogP contribution in [-0.2, 0) is 16.6 Å². The Morgan fingerprint density at radius 2 is 2.05 bits per heavy atom. The van der Waals surface area contributed by atoms with Crippen LogP contribution >= 0.6 is 27.3 Å². The third-order valence-electron chi connectivity index (χ3n) is 2.75. The smallest absolute Gasteiger partial charge is 0.242 e. The van der Waals surface area contributed by atoms with Crippen molar-refractivity contribution in [3.8, 4) is 0 Å². The van der Waals surface area contributed by atoms with E-state index in [1.165, 1.54) is 11.3 Å². The van der Waals surface area contributed by atoms with E-state index in [2.05, 4.69) is 39.8 Å². The number of nitrogens with one attached hydrogen (secondary N) is 2. The summed E-state index contributed by atoms with van der Waals surface area (Å²) >= 11 is 4.81. The Morgan fingerprint density at radius 1 is 1.38 bits per heavy atom. The molecule has 21 heavy (non-hydrogen) atoms. The second kappa shape index (κ2) is 8.59. The molecule has 8 heteroatoms. The van der Waals surface area contributed by atoms with Gasteiger partial charge < -0.3 is 10.2 Å². The zero-order valence-corrected chi connectivity index (χ0v) is 16.2. The van der Waals surface area contributed by atoms with Crippen LogP contribution in [0.15, 0.2) is 14.7 Å². The van der Waals surface area contributed by atoms with Crippen LogP contribution in [0.1, 0.15) is 25.1 Å². The molecule has 0 aliphatic rings. The summed E-state index contributed by atoms with van der Waals surface area (Å²) in [5.74, 6) is 0. The lowest BCUT2D eigenvalue weighted by Crippen LogP contribution is -2.27. The molecule has 1 rings (SSSR count). The van der Waals surface area contributed by atoms with Crippen LogP contribution in [0.5, 0.6) is 0 Å². The van der Waals surface area contributed by atoms with E-state index in [9.17, 15) is 8.42 Å². The van der Waals surface area contributed by atoms with E-state index in [0.717, 1.165) is 17.8 Å². The Bertz CT molecular complexity index is 542. The van der Waals surface area contributed by atoms with Crippen molar-refractivity contribution >= 4 is 37.3 Å². The Hall–Kier alpha value is 0.01000. The van der Waals surface area contributed by atoms with Crippen molar-refractivity contribution in [1.82, 2.24) is 14.9 Å². The lowest BCUT2D eigenvalue weighted by atomic mass is 10.4. The molecule has 0 aliphatic heterocycles. The Labute approximate surface area is 140 Å². The molecule has 1 aromatic rings. The third-order valence-corrected chi connectivity index (χ3v) is 6.47. The number of nitrogens with zero attached hydrogens (tertiary/aromatic N) is 1. The molecule has 2 N–H and O–H groups in total. The second-order valence-corrected chi connectivity index (χ2v) is 9.63. The molecular formula is C13H24BrN3O2S2. The molecule has 1 aromatic heterocycles. The van der Waals surface area contributed by atoms with E-state index >= 15 is 0 Å². The number of hydrogen-bond acceptors (Lipinski definition) is 5. The van der Waals surface area contributed by atoms with E-state index in [-0.39, 0.29) is 0 Å². The number of rotatable bonds is 9. The largest absolute Gasteiger partial charge is 0.310 e. The maximum atomic E-state index is 12.3. The standard InChI is InChI=1S/C13H24BrN3O2S2/c1-10(2)15-9-11-8-12(13(14)20-11)21(18,19)16-6-5-7-17(3)4/h8,10,15-16H,5-7,9H2,1-4H3. The van der Waals surface area contributed by atoms with Crippen molar-refractivity contribution in [1.29, 1.82) is 0 Å². The van der Waals surface area contributed by atoms with Gasteiger partial charge in [0.1, 0.15) is 4.90 Å². The summed E-state index contributed by atoms with van der Waals surface area (Å²) in [6, 6.07) is 2.10. The van der Waals surface area contributed by atoms with E-state index in [1.54, 1.807) is 6.07 Å². The van der Waals surface area contributed by atoms with Gasteiger partial charge in [0.05, 0.1) is 3.79 Å². The highest BCUT2D eigenvalue weighted by Gasteiger charge is 2.20. The fourth-order valence-electron chi connectivity index (χ4n) is 1.65. The van der Waals surface area contributed by atoms with Crippen molar-refractivity contribution in [3.05, 3.63) is 14.7 Å². The van der Waals surface area contributed by atoms with Crippen LogP contribution < -0.4 is 10.0 Å². The molecule has 0 amide bonds. The summed E-state index contributed by atoms with van der Waals surface area (Å²) in [4.78, 5) is 3.37. The maximum absolute atomic E-state index is 12.3. The first-order valence-electron chi connectivity index (χ1n) is 6.88. The molecule has 0 atom stereocenters. The van der Waals surface area contributed by atoms with Crippen molar-refractivity contribution in [2.24, 2.45) is 0 Å². The zero-order chi connectivity index (χ0) is 16.0. The number of sulfonamides is 1. The third kappa shape index (κ3) is 6.75. The summed E-state index contributed by atoms with van der Waals surface area (Å²) in [6.45, 7) is 6.11. The van der Waals surface area contributed by atoms with Crippen LogP contribution in [0.3, 0.4) is 0 Å². The number of halogens is 1. The van der Waals surface area contributed by atoms with Gasteiger partial charge in [-0.3, -0.25) is 0 Å². The second-order valence-electron chi connectivity index (χ2n) is 5.44. The molecule has 5 nitrogen and oxygen atoms in total. The first-order chi connectivity index (χ1) is 9.72. The van der Waals surface area contributed by atoms with Crippen molar-refractivity contribution in [2.45, 2.75) is 37.8 Å². The van der Waals surface area contributed by atoms with Crippen LogP contribution in [-0.4, -0.2) is 46.5 Å². The van der Waals surface area contributed by atoms with Gasteiger partial charge in [-0.25, -0.2) is 13.1 Å². The highest BCUT2D eigenvalue weighted by atomic mass is 79.9. The van der Waals surface area contributed by atoms with Crippen LogP contribution in [0.25, 0.3) is 0 Å².